The highest BCUT2D eigenvalue weighted by Crippen LogP contribution is 2.10. The molecule has 6 heteroatoms. The summed E-state index contributed by atoms with van der Waals surface area (Å²) in [4.78, 5) is 0. The second-order valence-corrected chi connectivity index (χ2v) is 5.04. The highest BCUT2D eigenvalue weighted by Gasteiger charge is 2.14. The van der Waals surface area contributed by atoms with Crippen LogP contribution >= 0.6 is 11.8 Å². The van der Waals surface area contributed by atoms with E-state index in [4.69, 9.17) is 10.2 Å². The van der Waals surface area contributed by atoms with Crippen LogP contribution in [0.4, 0.5) is 0 Å². The Morgan fingerprint density at radius 3 is 2.88 bits per heavy atom. The van der Waals surface area contributed by atoms with Crippen molar-refractivity contribution in [2.75, 3.05) is 19.5 Å². The number of hydrogen-bond acceptors (Lipinski definition) is 5. The summed E-state index contributed by atoms with van der Waals surface area (Å²) in [5.41, 5.74) is 1.09. The summed E-state index contributed by atoms with van der Waals surface area (Å²) in [5.74, 6) is 0. The SMILES string of the molecule is CSC(CO)C(C)NCc1cnn(CCO)c1. The van der Waals surface area contributed by atoms with Crippen molar-refractivity contribution in [3.8, 4) is 0 Å². The predicted molar refractivity (Wildman–Crippen MR) is 70.0 cm³/mol. The molecule has 0 aromatic carbocycles. The van der Waals surface area contributed by atoms with Crippen LogP contribution in [0, 0.1) is 0 Å². The van der Waals surface area contributed by atoms with Gasteiger partial charge >= 0.3 is 0 Å². The van der Waals surface area contributed by atoms with E-state index < -0.39 is 0 Å². The van der Waals surface area contributed by atoms with Crippen LogP contribution in [0.3, 0.4) is 0 Å². The fraction of sp³-hybridized carbons (Fsp3) is 0.727. The van der Waals surface area contributed by atoms with Gasteiger partial charge in [0.15, 0.2) is 0 Å². The minimum atomic E-state index is 0.101. The quantitative estimate of drug-likeness (QED) is 0.617. The summed E-state index contributed by atoms with van der Waals surface area (Å²) in [5, 5.41) is 25.6. The monoisotopic (exact) mass is 259 g/mol. The molecule has 2 unspecified atom stereocenters. The Morgan fingerprint density at radius 2 is 2.29 bits per heavy atom. The smallest absolute Gasteiger partial charge is 0.0640 e. The van der Waals surface area contributed by atoms with Crippen molar-refractivity contribution in [3.05, 3.63) is 18.0 Å². The molecule has 0 fully saturated rings. The fourth-order valence-corrected chi connectivity index (χ4v) is 2.22. The lowest BCUT2D eigenvalue weighted by atomic mass is 10.2. The molecular formula is C11H21N3O2S. The molecule has 5 nitrogen and oxygen atoms in total. The van der Waals surface area contributed by atoms with E-state index >= 15 is 0 Å². The highest BCUT2D eigenvalue weighted by atomic mass is 32.2. The summed E-state index contributed by atoms with van der Waals surface area (Å²) in [6.07, 6.45) is 5.71. The summed E-state index contributed by atoms with van der Waals surface area (Å²) in [7, 11) is 0. The lowest BCUT2D eigenvalue weighted by Crippen LogP contribution is -2.36. The van der Waals surface area contributed by atoms with Gasteiger partial charge in [-0.1, -0.05) is 0 Å². The van der Waals surface area contributed by atoms with E-state index in [1.54, 1.807) is 22.6 Å². The van der Waals surface area contributed by atoms with Crippen LogP contribution in [-0.4, -0.2) is 50.8 Å². The van der Waals surface area contributed by atoms with Gasteiger partial charge in [0.2, 0.25) is 0 Å². The summed E-state index contributed by atoms with van der Waals surface area (Å²) in [6, 6.07) is 0.246. The van der Waals surface area contributed by atoms with Crippen LogP contribution in [-0.2, 0) is 13.1 Å². The summed E-state index contributed by atoms with van der Waals surface area (Å²) >= 11 is 1.66. The van der Waals surface area contributed by atoms with Gasteiger partial charge in [-0.05, 0) is 13.2 Å². The average Bonchev–Trinajstić information content (AvgIpc) is 2.76. The molecule has 3 N–H and O–H groups in total. The number of nitrogens with one attached hydrogen (secondary N) is 1. The van der Waals surface area contributed by atoms with Crippen LogP contribution < -0.4 is 5.32 Å². The number of rotatable bonds is 8. The molecule has 17 heavy (non-hydrogen) atoms. The van der Waals surface area contributed by atoms with Crippen LogP contribution in [0.2, 0.25) is 0 Å². The van der Waals surface area contributed by atoms with Crippen molar-refractivity contribution in [2.24, 2.45) is 0 Å². The molecule has 2 atom stereocenters. The summed E-state index contributed by atoms with van der Waals surface area (Å²) < 4.78 is 1.72. The number of aliphatic hydroxyl groups is 2. The van der Waals surface area contributed by atoms with Gasteiger partial charge < -0.3 is 15.5 Å². The van der Waals surface area contributed by atoms with Gasteiger partial charge in [-0.2, -0.15) is 16.9 Å². The van der Waals surface area contributed by atoms with E-state index in [1.807, 2.05) is 12.5 Å². The molecule has 0 aliphatic carbocycles. The molecule has 0 amide bonds. The average molecular weight is 259 g/mol. The Balaban J connectivity index is 2.38. The second-order valence-electron chi connectivity index (χ2n) is 3.96. The first-order chi connectivity index (χ1) is 8.21. The molecule has 98 valence electrons. The Bertz CT molecular complexity index is 315. The topological polar surface area (TPSA) is 70.3 Å². The Labute approximate surface area is 106 Å². The Morgan fingerprint density at radius 1 is 1.53 bits per heavy atom. The Hall–Kier alpha value is -0.560. The van der Waals surface area contributed by atoms with E-state index in [9.17, 15) is 0 Å². The van der Waals surface area contributed by atoms with Crippen molar-refractivity contribution < 1.29 is 10.2 Å². The fourth-order valence-electron chi connectivity index (χ4n) is 1.57. The number of nitrogens with zero attached hydrogens (tertiary/aromatic N) is 2. The Kier molecular flexibility index (Phi) is 6.57. The number of hydrogen-bond donors (Lipinski definition) is 3. The third-order valence-corrected chi connectivity index (χ3v) is 3.85. The number of aromatic nitrogens is 2. The minimum Gasteiger partial charge on any atom is -0.395 e. The van der Waals surface area contributed by atoms with E-state index in [2.05, 4.69) is 17.3 Å². The van der Waals surface area contributed by atoms with Crippen molar-refractivity contribution >= 4 is 11.8 Å². The third-order valence-electron chi connectivity index (χ3n) is 2.68. The van der Waals surface area contributed by atoms with E-state index in [1.165, 1.54) is 0 Å². The molecule has 1 aromatic heterocycles. The van der Waals surface area contributed by atoms with Crippen LogP contribution in [0.5, 0.6) is 0 Å². The molecule has 1 rings (SSSR count). The lowest BCUT2D eigenvalue weighted by molar-refractivity contribution is 0.269. The molecular weight excluding hydrogens is 238 g/mol. The highest BCUT2D eigenvalue weighted by molar-refractivity contribution is 7.99. The molecule has 1 aromatic rings. The van der Waals surface area contributed by atoms with E-state index in [0.29, 0.717) is 6.54 Å². The molecule has 0 radical (unpaired) electrons. The standard InChI is InChI=1S/C11H21N3O2S/c1-9(11(8-16)17-2)12-5-10-6-13-14(7-10)3-4-15/h6-7,9,11-12,15-16H,3-5,8H2,1-2H3. The number of thioether (sulfide) groups is 1. The zero-order chi connectivity index (χ0) is 12.7. The first-order valence-corrected chi connectivity index (χ1v) is 6.99. The molecule has 0 aliphatic rings. The minimum absolute atomic E-state index is 0.101. The number of aliphatic hydroxyl groups excluding tert-OH is 2. The lowest BCUT2D eigenvalue weighted by Gasteiger charge is -2.20. The first-order valence-electron chi connectivity index (χ1n) is 5.70. The van der Waals surface area contributed by atoms with Gasteiger partial charge in [-0.3, -0.25) is 4.68 Å². The largest absolute Gasteiger partial charge is 0.395 e. The first kappa shape index (κ1) is 14.5. The van der Waals surface area contributed by atoms with Crippen molar-refractivity contribution in [1.29, 1.82) is 0 Å². The maximum atomic E-state index is 9.16. The summed E-state index contributed by atoms with van der Waals surface area (Å²) in [6.45, 7) is 3.60. The van der Waals surface area contributed by atoms with Crippen molar-refractivity contribution in [1.82, 2.24) is 15.1 Å². The molecule has 0 saturated heterocycles. The van der Waals surface area contributed by atoms with Gasteiger partial charge in [0, 0.05) is 29.6 Å². The predicted octanol–water partition coefficient (Wildman–Crippen LogP) is 0.0774. The third kappa shape index (κ3) is 4.67. The van der Waals surface area contributed by atoms with Gasteiger partial charge in [0.1, 0.15) is 0 Å². The van der Waals surface area contributed by atoms with Crippen molar-refractivity contribution in [2.45, 2.75) is 31.3 Å². The van der Waals surface area contributed by atoms with Crippen LogP contribution in [0.15, 0.2) is 12.4 Å². The molecule has 0 bridgehead atoms. The van der Waals surface area contributed by atoms with Gasteiger partial charge in [0.25, 0.3) is 0 Å². The van der Waals surface area contributed by atoms with E-state index in [0.717, 1.165) is 12.1 Å². The second kappa shape index (κ2) is 7.71. The van der Waals surface area contributed by atoms with Gasteiger partial charge in [0.05, 0.1) is 26.0 Å². The molecule has 1 heterocycles. The maximum absolute atomic E-state index is 9.16. The van der Waals surface area contributed by atoms with E-state index in [-0.39, 0.29) is 24.5 Å². The molecule has 0 aliphatic heterocycles. The zero-order valence-corrected chi connectivity index (χ0v) is 11.2. The molecule has 0 spiro atoms. The van der Waals surface area contributed by atoms with Gasteiger partial charge in [-0.25, -0.2) is 0 Å². The van der Waals surface area contributed by atoms with Crippen LogP contribution in [0.1, 0.15) is 12.5 Å². The maximum Gasteiger partial charge on any atom is 0.0640 e. The molecule has 0 saturated carbocycles. The normalized spacial score (nSPS) is 14.8. The zero-order valence-electron chi connectivity index (χ0n) is 10.3. The van der Waals surface area contributed by atoms with Crippen LogP contribution in [0.25, 0.3) is 0 Å². The van der Waals surface area contributed by atoms with Gasteiger partial charge in [-0.15, -0.1) is 0 Å². The van der Waals surface area contributed by atoms with Crippen molar-refractivity contribution in [3.63, 3.8) is 0 Å².